The first-order valence-corrected chi connectivity index (χ1v) is 7.01. The van der Waals surface area contributed by atoms with Crippen LogP contribution in [0.5, 0.6) is 0 Å². The number of nitrogens with zero attached hydrogens (tertiary/aromatic N) is 4. The first kappa shape index (κ1) is 13.7. The van der Waals surface area contributed by atoms with Crippen molar-refractivity contribution >= 4 is 17.6 Å². The molecule has 0 saturated carbocycles. The highest BCUT2D eigenvalue weighted by Gasteiger charge is 2.42. The molecular weight excluding hydrogens is 276 g/mol. The molecule has 2 aliphatic rings. The Balaban J connectivity index is 1.75. The maximum absolute atomic E-state index is 10.9. The molecule has 1 aromatic heterocycles. The van der Waals surface area contributed by atoms with E-state index in [9.17, 15) is 14.9 Å². The Labute approximate surface area is 121 Å². The second kappa shape index (κ2) is 5.27. The highest BCUT2D eigenvalue weighted by Crippen LogP contribution is 2.41. The average molecular weight is 292 g/mol. The number of hydrogen-bond acceptors (Lipinski definition) is 6. The van der Waals surface area contributed by atoms with Crippen molar-refractivity contribution in [2.24, 2.45) is 5.92 Å². The van der Waals surface area contributed by atoms with Gasteiger partial charge in [-0.05, 0) is 31.6 Å². The number of carboxylic acid groups (broad SMARTS) is 1. The Morgan fingerprint density at radius 1 is 1.33 bits per heavy atom. The highest BCUT2D eigenvalue weighted by molar-refractivity contribution is 5.67. The Morgan fingerprint density at radius 3 is 2.38 bits per heavy atom. The summed E-state index contributed by atoms with van der Waals surface area (Å²) in [5, 5.41) is 19.6. The average Bonchev–Trinajstić information content (AvgIpc) is 2.70. The largest absolute Gasteiger partial charge is 0.481 e. The first-order valence-electron chi connectivity index (χ1n) is 7.01. The summed E-state index contributed by atoms with van der Waals surface area (Å²) in [4.78, 5) is 31.3. The Hall–Kier alpha value is -2.25. The minimum Gasteiger partial charge on any atom is -0.481 e. The molecule has 3 rings (SSSR count). The molecule has 3 heterocycles. The fourth-order valence-corrected chi connectivity index (χ4v) is 3.57. The van der Waals surface area contributed by atoms with Crippen LogP contribution in [0.2, 0.25) is 0 Å². The first-order chi connectivity index (χ1) is 10.0. The van der Waals surface area contributed by atoms with Gasteiger partial charge >= 0.3 is 11.7 Å². The van der Waals surface area contributed by atoms with Crippen molar-refractivity contribution in [3.63, 3.8) is 0 Å². The van der Waals surface area contributed by atoms with Gasteiger partial charge in [0.1, 0.15) is 12.4 Å². The predicted octanol–water partition coefficient (Wildman–Crippen LogP) is 1.61. The maximum Gasteiger partial charge on any atom is 0.305 e. The Kier molecular flexibility index (Phi) is 3.44. The summed E-state index contributed by atoms with van der Waals surface area (Å²) in [7, 11) is 0. The molecule has 1 N–H and O–H groups in total. The van der Waals surface area contributed by atoms with E-state index in [1.54, 1.807) is 0 Å². The van der Waals surface area contributed by atoms with Gasteiger partial charge < -0.3 is 10.0 Å². The van der Waals surface area contributed by atoms with Crippen molar-refractivity contribution in [2.45, 2.75) is 44.2 Å². The quantitative estimate of drug-likeness (QED) is 0.663. The van der Waals surface area contributed by atoms with Gasteiger partial charge in [0.2, 0.25) is 5.95 Å². The second-order valence-electron chi connectivity index (χ2n) is 5.73. The van der Waals surface area contributed by atoms with Crippen molar-refractivity contribution < 1.29 is 14.8 Å². The fraction of sp³-hybridized carbons (Fsp3) is 0.615. The van der Waals surface area contributed by atoms with E-state index < -0.39 is 10.9 Å². The number of carboxylic acids is 1. The summed E-state index contributed by atoms with van der Waals surface area (Å²) >= 11 is 0. The van der Waals surface area contributed by atoms with Gasteiger partial charge in [0.15, 0.2) is 0 Å². The van der Waals surface area contributed by atoms with Gasteiger partial charge in [0.25, 0.3) is 0 Å². The fourth-order valence-electron chi connectivity index (χ4n) is 3.57. The molecule has 0 spiro atoms. The molecule has 8 nitrogen and oxygen atoms in total. The van der Waals surface area contributed by atoms with Crippen LogP contribution in [0.4, 0.5) is 11.6 Å². The van der Waals surface area contributed by atoms with Crippen LogP contribution < -0.4 is 4.90 Å². The molecule has 112 valence electrons. The van der Waals surface area contributed by atoms with Crippen LogP contribution in [-0.4, -0.2) is 38.1 Å². The zero-order valence-corrected chi connectivity index (χ0v) is 11.4. The summed E-state index contributed by atoms with van der Waals surface area (Å²) < 4.78 is 0. The minimum atomic E-state index is -0.751. The number of aromatic nitrogens is 2. The molecule has 0 aromatic carbocycles. The smallest absolute Gasteiger partial charge is 0.305 e. The third kappa shape index (κ3) is 2.65. The highest BCUT2D eigenvalue weighted by atomic mass is 16.6. The summed E-state index contributed by atoms with van der Waals surface area (Å²) in [6, 6.07) is 0.490. The number of hydrogen-bond donors (Lipinski definition) is 1. The molecule has 2 aliphatic heterocycles. The number of carbonyl (C=O) groups is 1. The Bertz CT molecular complexity index is 548. The van der Waals surface area contributed by atoms with E-state index in [1.807, 2.05) is 0 Å². The lowest BCUT2D eigenvalue weighted by molar-refractivity contribution is -0.385. The van der Waals surface area contributed by atoms with E-state index in [1.165, 1.54) is 12.4 Å². The summed E-state index contributed by atoms with van der Waals surface area (Å²) in [5.41, 5.74) is -0.119. The minimum absolute atomic E-state index is 0.119. The monoisotopic (exact) mass is 292 g/mol. The predicted molar refractivity (Wildman–Crippen MR) is 73.0 cm³/mol. The molecule has 2 unspecified atom stereocenters. The van der Waals surface area contributed by atoms with Crippen LogP contribution in [0.25, 0.3) is 0 Å². The number of fused-ring (bicyclic) bond motifs is 2. The summed E-state index contributed by atoms with van der Waals surface area (Å²) in [5.74, 6) is -0.0318. The lowest BCUT2D eigenvalue weighted by Gasteiger charge is -2.38. The van der Waals surface area contributed by atoms with Gasteiger partial charge in [-0.3, -0.25) is 14.9 Å². The van der Waals surface area contributed by atoms with Gasteiger partial charge in [-0.1, -0.05) is 0 Å². The van der Waals surface area contributed by atoms with Gasteiger partial charge in [-0.15, -0.1) is 0 Å². The van der Waals surface area contributed by atoms with Crippen LogP contribution in [-0.2, 0) is 4.79 Å². The molecule has 0 aliphatic carbocycles. The van der Waals surface area contributed by atoms with E-state index in [0.29, 0.717) is 5.95 Å². The summed E-state index contributed by atoms with van der Waals surface area (Å²) in [6.45, 7) is 0. The molecule has 8 heteroatoms. The van der Waals surface area contributed by atoms with Gasteiger partial charge in [0.05, 0.1) is 4.92 Å². The normalized spacial score (nSPS) is 27.6. The topological polar surface area (TPSA) is 109 Å². The van der Waals surface area contributed by atoms with Crippen molar-refractivity contribution in [1.29, 1.82) is 0 Å². The van der Waals surface area contributed by atoms with E-state index in [2.05, 4.69) is 14.9 Å². The van der Waals surface area contributed by atoms with E-state index in [4.69, 9.17) is 5.11 Å². The van der Waals surface area contributed by atoms with Crippen molar-refractivity contribution in [1.82, 2.24) is 9.97 Å². The lowest BCUT2D eigenvalue weighted by atomic mass is 9.88. The lowest BCUT2D eigenvalue weighted by Crippen LogP contribution is -2.44. The number of piperidine rings is 1. The molecule has 2 saturated heterocycles. The second-order valence-corrected chi connectivity index (χ2v) is 5.73. The molecule has 1 aromatic rings. The van der Waals surface area contributed by atoms with Gasteiger partial charge in [-0.2, -0.15) is 0 Å². The number of nitro groups is 1. The van der Waals surface area contributed by atoms with Crippen LogP contribution >= 0.6 is 0 Å². The van der Waals surface area contributed by atoms with Crippen LogP contribution in [0.15, 0.2) is 12.4 Å². The zero-order valence-electron chi connectivity index (χ0n) is 11.4. The van der Waals surface area contributed by atoms with Gasteiger partial charge in [-0.25, -0.2) is 9.97 Å². The van der Waals surface area contributed by atoms with Crippen LogP contribution in [0.3, 0.4) is 0 Å². The third-order valence-corrected chi connectivity index (χ3v) is 4.36. The molecule has 2 fully saturated rings. The van der Waals surface area contributed by atoms with Crippen LogP contribution in [0.1, 0.15) is 32.1 Å². The molecule has 0 amide bonds. The van der Waals surface area contributed by atoms with Crippen LogP contribution in [0, 0.1) is 16.0 Å². The van der Waals surface area contributed by atoms with Crippen molar-refractivity contribution in [3.8, 4) is 0 Å². The zero-order chi connectivity index (χ0) is 15.0. The maximum atomic E-state index is 10.9. The van der Waals surface area contributed by atoms with E-state index in [0.717, 1.165) is 25.7 Å². The SMILES string of the molecule is O=C(O)CC1CC2CCC(C1)N2c1ncc([N+](=O)[O-])cn1. The number of anilines is 1. The molecule has 0 radical (unpaired) electrons. The number of rotatable bonds is 4. The standard InChI is InChI=1S/C13H16N4O4/c18-12(19)5-8-3-9-1-2-10(4-8)16(9)13-14-6-11(7-15-13)17(20)21/h6-10H,1-5H2,(H,18,19). The van der Waals surface area contributed by atoms with Crippen molar-refractivity contribution in [2.75, 3.05) is 4.90 Å². The Morgan fingerprint density at radius 2 is 1.90 bits per heavy atom. The van der Waals surface area contributed by atoms with Gasteiger partial charge in [0, 0.05) is 18.5 Å². The third-order valence-electron chi connectivity index (χ3n) is 4.36. The molecule has 2 bridgehead atoms. The van der Waals surface area contributed by atoms with Crippen molar-refractivity contribution in [3.05, 3.63) is 22.5 Å². The number of aliphatic carboxylic acids is 1. The molecule has 2 atom stereocenters. The molecule has 21 heavy (non-hydrogen) atoms. The van der Waals surface area contributed by atoms with E-state index in [-0.39, 0.29) is 30.1 Å². The molecular formula is C13H16N4O4. The summed E-state index contributed by atoms with van der Waals surface area (Å²) in [6.07, 6.45) is 6.31. The van der Waals surface area contributed by atoms with E-state index >= 15 is 0 Å².